The van der Waals surface area contributed by atoms with Gasteiger partial charge in [-0.3, -0.25) is 9.59 Å². The zero-order valence-electron chi connectivity index (χ0n) is 25.2. The number of hydrogen-bond donors (Lipinski definition) is 2. The number of nitrogens with one attached hydrogen (secondary N) is 2. The lowest BCUT2D eigenvalue weighted by Crippen LogP contribution is -2.58. The van der Waals surface area contributed by atoms with Crippen LogP contribution in [0.3, 0.4) is 0 Å². The van der Waals surface area contributed by atoms with E-state index in [4.69, 9.17) is 4.74 Å². The first-order valence-electron chi connectivity index (χ1n) is 15.9. The van der Waals surface area contributed by atoms with E-state index in [-0.39, 0.29) is 29.2 Å². The molecule has 4 aliphatic rings. The number of aromatic nitrogens is 1. The van der Waals surface area contributed by atoms with Crippen molar-refractivity contribution >= 4 is 34.1 Å². The Kier molecular flexibility index (Phi) is 6.84. The Morgan fingerprint density at radius 2 is 1.71 bits per heavy atom. The van der Waals surface area contributed by atoms with E-state index >= 15 is 0 Å². The van der Waals surface area contributed by atoms with Crippen LogP contribution in [-0.2, 0) is 14.3 Å². The van der Waals surface area contributed by atoms with E-state index in [0.717, 1.165) is 81.7 Å². The summed E-state index contributed by atoms with van der Waals surface area (Å²) >= 11 is 0. The molecule has 1 saturated heterocycles. The van der Waals surface area contributed by atoms with Crippen LogP contribution in [0.5, 0.6) is 0 Å². The second-order valence-electron chi connectivity index (χ2n) is 13.7. The molecule has 222 valence electrons. The highest BCUT2D eigenvalue weighted by atomic mass is 16.5. The summed E-state index contributed by atoms with van der Waals surface area (Å²) in [5.41, 5.74) is 4.95. The minimum atomic E-state index is -0.758. The Labute approximate surface area is 249 Å². The van der Waals surface area contributed by atoms with E-state index in [1.165, 1.54) is 16.6 Å². The molecular formula is C35H44N4O3. The van der Waals surface area contributed by atoms with Gasteiger partial charge < -0.3 is 24.8 Å². The normalized spacial score (nSPS) is 24.5. The number of aromatic amines is 1. The molecule has 0 spiro atoms. The fourth-order valence-electron chi connectivity index (χ4n) is 8.17. The Morgan fingerprint density at radius 1 is 1.02 bits per heavy atom. The molecule has 7 heteroatoms. The Bertz CT molecular complexity index is 1480. The second kappa shape index (κ2) is 10.4. The number of benzene rings is 2. The van der Waals surface area contributed by atoms with Crippen molar-refractivity contribution in [2.24, 2.45) is 11.3 Å². The van der Waals surface area contributed by atoms with Gasteiger partial charge in [-0.05, 0) is 85.8 Å². The van der Waals surface area contributed by atoms with Crippen LogP contribution in [0.25, 0.3) is 10.9 Å². The van der Waals surface area contributed by atoms with Crippen molar-refractivity contribution in [3.05, 3.63) is 59.8 Å². The second-order valence-corrected chi connectivity index (χ2v) is 13.7. The Hall–Kier alpha value is -3.32. The number of anilines is 2. The van der Waals surface area contributed by atoms with Crippen LogP contribution in [0.4, 0.5) is 11.4 Å². The molecule has 0 bridgehead atoms. The average molecular weight is 569 g/mol. The van der Waals surface area contributed by atoms with E-state index < -0.39 is 5.54 Å². The first-order valence-corrected chi connectivity index (χ1v) is 15.9. The molecule has 2 atom stereocenters. The minimum Gasteiger partial charge on any atom is -0.378 e. The summed E-state index contributed by atoms with van der Waals surface area (Å²) in [5, 5.41) is 4.51. The van der Waals surface area contributed by atoms with Gasteiger partial charge in [0, 0.05) is 53.5 Å². The van der Waals surface area contributed by atoms with Crippen LogP contribution in [0.15, 0.2) is 48.5 Å². The van der Waals surface area contributed by atoms with Crippen LogP contribution >= 0.6 is 0 Å². The highest BCUT2D eigenvalue weighted by Crippen LogP contribution is 2.67. The van der Waals surface area contributed by atoms with E-state index in [0.29, 0.717) is 12.3 Å². The summed E-state index contributed by atoms with van der Waals surface area (Å²) in [6.07, 6.45) is 5.93. The smallest absolute Gasteiger partial charge is 0.250 e. The van der Waals surface area contributed by atoms with Gasteiger partial charge in [0.15, 0.2) is 0 Å². The number of fused-ring (bicyclic) bond motifs is 1. The van der Waals surface area contributed by atoms with Crippen LogP contribution in [0, 0.1) is 18.3 Å². The number of carbonyl (C=O) groups is 2. The number of hydrogen-bond acceptors (Lipinski definition) is 4. The standard InChI is InChI=1S/C35H44N4O3/c1-23-31(27-8-4-5-9-29(27)36-23)32-28(34(32,2)3)22-30(40)39(26-14-15-26)35(16-6-7-17-35)33(41)37-24-10-12-25(13-11-24)38-18-20-42-21-19-38/h4-5,8-13,26,28,32,36H,6-7,14-22H2,1-3H3,(H,37,41)/t28-,32+/m0/s1. The van der Waals surface area contributed by atoms with Crippen molar-refractivity contribution in [2.45, 2.75) is 83.2 Å². The molecule has 3 aromatic rings. The van der Waals surface area contributed by atoms with Crippen molar-refractivity contribution in [1.29, 1.82) is 0 Å². The highest BCUT2D eigenvalue weighted by Gasteiger charge is 2.61. The first-order chi connectivity index (χ1) is 20.3. The van der Waals surface area contributed by atoms with E-state index in [9.17, 15) is 9.59 Å². The maximum Gasteiger partial charge on any atom is 0.250 e. The molecule has 0 unspecified atom stereocenters. The monoisotopic (exact) mass is 568 g/mol. The van der Waals surface area contributed by atoms with Crippen LogP contribution in [0.2, 0.25) is 0 Å². The molecule has 4 fully saturated rings. The third kappa shape index (κ3) is 4.70. The number of ether oxygens (including phenoxy) is 1. The number of H-pyrrole nitrogens is 1. The fraction of sp³-hybridized carbons (Fsp3) is 0.543. The third-order valence-corrected chi connectivity index (χ3v) is 10.7. The quantitative estimate of drug-likeness (QED) is 0.330. The predicted octanol–water partition coefficient (Wildman–Crippen LogP) is 6.39. The van der Waals surface area contributed by atoms with Gasteiger partial charge in [0.2, 0.25) is 11.8 Å². The van der Waals surface area contributed by atoms with Crippen molar-refractivity contribution in [1.82, 2.24) is 9.88 Å². The average Bonchev–Trinajstić information content (AvgIpc) is 3.78. The number of para-hydroxylation sites is 1. The molecule has 1 aliphatic heterocycles. The first kappa shape index (κ1) is 27.5. The predicted molar refractivity (Wildman–Crippen MR) is 167 cm³/mol. The van der Waals surface area contributed by atoms with E-state index in [1.54, 1.807) is 0 Å². The zero-order valence-corrected chi connectivity index (χ0v) is 25.2. The van der Waals surface area contributed by atoms with Gasteiger partial charge >= 0.3 is 0 Å². The van der Waals surface area contributed by atoms with Gasteiger partial charge in [0.25, 0.3) is 0 Å². The molecule has 7 rings (SSSR count). The van der Waals surface area contributed by atoms with E-state index in [1.807, 2.05) is 12.1 Å². The number of nitrogens with zero attached hydrogens (tertiary/aromatic N) is 2. The Balaban J connectivity index is 1.10. The molecule has 7 nitrogen and oxygen atoms in total. The number of rotatable bonds is 8. The van der Waals surface area contributed by atoms with Gasteiger partial charge in [0.05, 0.1) is 13.2 Å². The molecule has 2 N–H and O–H groups in total. The van der Waals surface area contributed by atoms with Crippen molar-refractivity contribution in [3.63, 3.8) is 0 Å². The van der Waals surface area contributed by atoms with Crippen molar-refractivity contribution in [3.8, 4) is 0 Å². The van der Waals surface area contributed by atoms with E-state index in [2.05, 4.69) is 77.3 Å². The summed E-state index contributed by atoms with van der Waals surface area (Å²) in [7, 11) is 0. The van der Waals surface area contributed by atoms with Gasteiger partial charge in [-0.2, -0.15) is 0 Å². The molecule has 1 aromatic heterocycles. The molecule has 42 heavy (non-hydrogen) atoms. The molecule has 3 saturated carbocycles. The maximum absolute atomic E-state index is 14.3. The summed E-state index contributed by atoms with van der Waals surface area (Å²) in [4.78, 5) is 36.4. The van der Waals surface area contributed by atoms with Crippen LogP contribution < -0.4 is 10.2 Å². The fourth-order valence-corrected chi connectivity index (χ4v) is 8.17. The Morgan fingerprint density at radius 3 is 2.40 bits per heavy atom. The van der Waals surface area contributed by atoms with Gasteiger partial charge in [-0.15, -0.1) is 0 Å². The topological polar surface area (TPSA) is 77.7 Å². The number of morpholine rings is 1. The maximum atomic E-state index is 14.3. The highest BCUT2D eigenvalue weighted by molar-refractivity contribution is 6.01. The molecule has 2 aromatic carbocycles. The SMILES string of the molecule is Cc1[nH]c2ccccc2c1[C@H]1[C@H](CC(=O)N(C2CC2)C2(C(=O)Nc3ccc(N4CCOCC4)cc3)CCCC2)C1(C)C. The summed E-state index contributed by atoms with van der Waals surface area (Å²) < 4.78 is 5.49. The number of aryl methyl sites for hydroxylation is 1. The lowest BCUT2D eigenvalue weighted by atomic mass is 9.91. The number of amides is 2. The van der Waals surface area contributed by atoms with Gasteiger partial charge in [-0.1, -0.05) is 44.9 Å². The van der Waals surface area contributed by atoms with Crippen molar-refractivity contribution < 1.29 is 14.3 Å². The molecule has 0 radical (unpaired) electrons. The lowest BCUT2D eigenvalue weighted by molar-refractivity contribution is -0.146. The summed E-state index contributed by atoms with van der Waals surface area (Å²) in [6, 6.07) is 16.8. The third-order valence-electron chi connectivity index (χ3n) is 10.7. The lowest BCUT2D eigenvalue weighted by Gasteiger charge is -2.40. The van der Waals surface area contributed by atoms with Crippen molar-refractivity contribution in [2.75, 3.05) is 36.5 Å². The largest absolute Gasteiger partial charge is 0.378 e. The zero-order chi connectivity index (χ0) is 29.1. The molecule has 2 heterocycles. The summed E-state index contributed by atoms with van der Waals surface area (Å²) in [6.45, 7) is 10.0. The molecule has 3 aliphatic carbocycles. The molecule has 2 amide bonds. The summed E-state index contributed by atoms with van der Waals surface area (Å²) in [5.74, 6) is 0.740. The van der Waals surface area contributed by atoms with Crippen LogP contribution in [0.1, 0.15) is 76.0 Å². The number of carbonyl (C=O) groups excluding carboxylic acids is 2. The minimum absolute atomic E-state index is 0.0153. The van der Waals surface area contributed by atoms with Crippen LogP contribution in [-0.4, -0.2) is 59.6 Å². The van der Waals surface area contributed by atoms with Gasteiger partial charge in [-0.25, -0.2) is 0 Å². The molecular weight excluding hydrogens is 524 g/mol. The van der Waals surface area contributed by atoms with Gasteiger partial charge in [0.1, 0.15) is 5.54 Å².